The summed E-state index contributed by atoms with van der Waals surface area (Å²) in [6.07, 6.45) is -5.04. The second-order valence-corrected chi connectivity index (χ2v) is 4.53. The van der Waals surface area contributed by atoms with E-state index < -0.39 is 40.3 Å². The van der Waals surface area contributed by atoms with Crippen LogP contribution in [0.25, 0.3) is 16.7 Å². The van der Waals surface area contributed by atoms with E-state index in [0.717, 1.165) is 18.2 Å². The van der Waals surface area contributed by atoms with Crippen molar-refractivity contribution in [3.8, 4) is 5.69 Å². The molecule has 0 aliphatic heterocycles. The van der Waals surface area contributed by atoms with Crippen LogP contribution in [0.5, 0.6) is 0 Å². The minimum Gasteiger partial charge on any atom is -0.305 e. The summed E-state index contributed by atoms with van der Waals surface area (Å²) in [6.45, 7) is 0. The highest BCUT2D eigenvalue weighted by atomic mass is 19.4. The Morgan fingerprint density at radius 3 is 2.27 bits per heavy atom. The molecule has 0 aliphatic rings. The SMILES string of the molecule is O=c1[nH]c2ccc(F)c(C(F)(F)F)c2n1-c1ccccc1F. The van der Waals surface area contributed by atoms with Crippen molar-refractivity contribution >= 4 is 11.0 Å². The molecule has 22 heavy (non-hydrogen) atoms. The highest BCUT2D eigenvalue weighted by Crippen LogP contribution is 2.36. The molecular weight excluding hydrogens is 307 g/mol. The van der Waals surface area contributed by atoms with Gasteiger partial charge in [-0.1, -0.05) is 12.1 Å². The second-order valence-electron chi connectivity index (χ2n) is 4.53. The van der Waals surface area contributed by atoms with Gasteiger partial charge in [0.15, 0.2) is 0 Å². The van der Waals surface area contributed by atoms with E-state index in [1.165, 1.54) is 12.1 Å². The Labute approximate surface area is 119 Å². The molecule has 0 saturated carbocycles. The van der Waals surface area contributed by atoms with Gasteiger partial charge in [0.2, 0.25) is 0 Å². The predicted octanol–water partition coefficient (Wildman–Crippen LogP) is 3.62. The van der Waals surface area contributed by atoms with E-state index in [1.54, 1.807) is 0 Å². The number of benzene rings is 2. The van der Waals surface area contributed by atoms with Gasteiger partial charge in [-0.2, -0.15) is 13.2 Å². The van der Waals surface area contributed by atoms with Gasteiger partial charge in [-0.15, -0.1) is 0 Å². The molecule has 3 nitrogen and oxygen atoms in total. The molecule has 0 saturated heterocycles. The predicted molar refractivity (Wildman–Crippen MR) is 68.8 cm³/mol. The van der Waals surface area contributed by atoms with Crippen molar-refractivity contribution < 1.29 is 22.0 Å². The number of alkyl halides is 3. The Kier molecular flexibility index (Phi) is 3.05. The molecule has 2 aromatic carbocycles. The Bertz CT molecular complexity index is 923. The van der Waals surface area contributed by atoms with Gasteiger partial charge in [0.1, 0.15) is 17.2 Å². The van der Waals surface area contributed by atoms with E-state index in [-0.39, 0.29) is 5.52 Å². The third-order valence-corrected chi connectivity index (χ3v) is 3.17. The number of fused-ring (bicyclic) bond motifs is 1. The van der Waals surface area contributed by atoms with Gasteiger partial charge in [0.25, 0.3) is 0 Å². The van der Waals surface area contributed by atoms with E-state index in [1.807, 2.05) is 0 Å². The summed E-state index contributed by atoms with van der Waals surface area (Å²) in [6, 6.07) is 6.41. The number of para-hydroxylation sites is 1. The number of rotatable bonds is 1. The minimum absolute atomic E-state index is 0.234. The molecule has 0 amide bonds. The first kappa shape index (κ1) is 14.3. The summed E-state index contributed by atoms with van der Waals surface area (Å²) in [7, 11) is 0. The van der Waals surface area contributed by atoms with Gasteiger partial charge >= 0.3 is 11.9 Å². The molecule has 0 radical (unpaired) electrons. The molecule has 0 aliphatic carbocycles. The van der Waals surface area contributed by atoms with Gasteiger partial charge in [0.05, 0.1) is 16.7 Å². The maximum absolute atomic E-state index is 13.8. The summed E-state index contributed by atoms with van der Waals surface area (Å²) >= 11 is 0. The number of aromatic nitrogens is 2. The van der Waals surface area contributed by atoms with Crippen molar-refractivity contribution in [1.82, 2.24) is 9.55 Å². The summed E-state index contributed by atoms with van der Waals surface area (Å²) < 4.78 is 67.4. The average Bonchev–Trinajstić information content (AvgIpc) is 2.74. The Hall–Kier alpha value is -2.64. The van der Waals surface area contributed by atoms with Crippen LogP contribution in [-0.2, 0) is 6.18 Å². The van der Waals surface area contributed by atoms with Crippen LogP contribution in [0.15, 0.2) is 41.2 Å². The maximum atomic E-state index is 13.8. The second kappa shape index (κ2) is 4.69. The first-order chi connectivity index (χ1) is 10.3. The normalized spacial score (nSPS) is 12.0. The quantitative estimate of drug-likeness (QED) is 0.685. The molecule has 0 spiro atoms. The van der Waals surface area contributed by atoms with Gasteiger partial charge in [0, 0.05) is 0 Å². The third kappa shape index (κ3) is 2.07. The van der Waals surface area contributed by atoms with E-state index >= 15 is 0 Å². The summed E-state index contributed by atoms with van der Waals surface area (Å²) in [5, 5.41) is 0. The van der Waals surface area contributed by atoms with Crippen LogP contribution in [0.2, 0.25) is 0 Å². The smallest absolute Gasteiger partial charge is 0.305 e. The van der Waals surface area contributed by atoms with E-state index in [9.17, 15) is 26.7 Å². The van der Waals surface area contributed by atoms with Crippen molar-refractivity contribution in [1.29, 1.82) is 0 Å². The molecule has 0 fully saturated rings. The number of H-pyrrole nitrogens is 1. The minimum atomic E-state index is -5.04. The molecule has 1 heterocycles. The van der Waals surface area contributed by atoms with Crippen molar-refractivity contribution in [2.24, 2.45) is 0 Å². The number of nitrogens with zero attached hydrogens (tertiary/aromatic N) is 1. The molecule has 3 aromatic rings. The number of halogens is 5. The summed E-state index contributed by atoms with van der Waals surface area (Å²) in [5.74, 6) is -2.44. The van der Waals surface area contributed by atoms with Crippen molar-refractivity contribution in [2.75, 3.05) is 0 Å². The molecule has 114 valence electrons. The zero-order valence-electron chi connectivity index (χ0n) is 10.7. The lowest BCUT2D eigenvalue weighted by atomic mass is 10.1. The van der Waals surface area contributed by atoms with Crippen molar-refractivity contribution in [2.45, 2.75) is 6.18 Å². The van der Waals surface area contributed by atoms with Gasteiger partial charge in [-0.05, 0) is 24.3 Å². The fourth-order valence-corrected chi connectivity index (χ4v) is 2.30. The largest absolute Gasteiger partial charge is 0.421 e. The number of nitrogens with one attached hydrogen (secondary N) is 1. The summed E-state index contributed by atoms with van der Waals surface area (Å²) in [4.78, 5) is 14.1. The lowest BCUT2D eigenvalue weighted by Crippen LogP contribution is -2.18. The van der Waals surface area contributed by atoms with E-state index in [4.69, 9.17) is 0 Å². The average molecular weight is 314 g/mol. The molecule has 0 bridgehead atoms. The Morgan fingerprint density at radius 2 is 1.64 bits per heavy atom. The van der Waals surface area contributed by atoms with Crippen molar-refractivity contribution in [3.05, 3.63) is 64.1 Å². The van der Waals surface area contributed by atoms with Crippen LogP contribution < -0.4 is 5.69 Å². The molecule has 8 heteroatoms. The van der Waals surface area contributed by atoms with E-state index in [2.05, 4.69) is 4.98 Å². The lowest BCUT2D eigenvalue weighted by molar-refractivity contribution is -0.138. The highest BCUT2D eigenvalue weighted by molar-refractivity contribution is 5.81. The molecule has 3 rings (SSSR count). The number of hydrogen-bond donors (Lipinski definition) is 1. The topological polar surface area (TPSA) is 37.8 Å². The van der Waals surface area contributed by atoms with Crippen LogP contribution in [0.4, 0.5) is 22.0 Å². The van der Waals surface area contributed by atoms with Gasteiger partial charge in [-0.3, -0.25) is 4.57 Å². The van der Waals surface area contributed by atoms with E-state index in [0.29, 0.717) is 10.6 Å². The highest BCUT2D eigenvalue weighted by Gasteiger charge is 2.38. The lowest BCUT2D eigenvalue weighted by Gasteiger charge is -2.12. The third-order valence-electron chi connectivity index (χ3n) is 3.17. The standard InChI is InChI=1S/C14H7F5N2O/c15-7-3-1-2-4-10(7)21-12-9(20-13(21)22)6-5-8(16)11(12)14(17,18)19/h1-6H,(H,20,22). The first-order valence-electron chi connectivity index (χ1n) is 6.06. The van der Waals surface area contributed by atoms with Crippen LogP contribution in [-0.4, -0.2) is 9.55 Å². The zero-order valence-corrected chi connectivity index (χ0v) is 10.7. The van der Waals surface area contributed by atoms with Crippen molar-refractivity contribution in [3.63, 3.8) is 0 Å². The van der Waals surface area contributed by atoms with Crippen LogP contribution >= 0.6 is 0 Å². The Morgan fingerprint density at radius 1 is 0.955 bits per heavy atom. The molecule has 1 N–H and O–H groups in total. The van der Waals surface area contributed by atoms with Crippen LogP contribution in [0.3, 0.4) is 0 Å². The number of hydrogen-bond acceptors (Lipinski definition) is 1. The van der Waals surface area contributed by atoms with Crippen LogP contribution in [0.1, 0.15) is 5.56 Å². The number of imidazole rings is 1. The Balaban J connectivity index is 2.52. The first-order valence-corrected chi connectivity index (χ1v) is 6.06. The van der Waals surface area contributed by atoms with Gasteiger partial charge < -0.3 is 4.98 Å². The molecular formula is C14H7F5N2O. The zero-order chi connectivity index (χ0) is 16.1. The fraction of sp³-hybridized carbons (Fsp3) is 0.0714. The monoisotopic (exact) mass is 314 g/mol. The maximum Gasteiger partial charge on any atom is 0.421 e. The van der Waals surface area contributed by atoms with Gasteiger partial charge in [-0.25, -0.2) is 13.6 Å². The summed E-state index contributed by atoms with van der Waals surface area (Å²) in [5.41, 5.74) is -3.98. The molecule has 0 unspecified atom stereocenters. The molecule has 0 atom stereocenters. The molecule has 1 aromatic heterocycles. The number of aromatic amines is 1. The van der Waals surface area contributed by atoms with Crippen LogP contribution in [0, 0.1) is 11.6 Å². The fourth-order valence-electron chi connectivity index (χ4n) is 2.30.